The highest BCUT2D eigenvalue weighted by Gasteiger charge is 1.97. The van der Waals surface area contributed by atoms with Crippen LogP contribution in [0.15, 0.2) is 128 Å². The molecular weight excluding hydrogens is 458 g/mol. The summed E-state index contributed by atoms with van der Waals surface area (Å²) in [5.74, 6) is 0. The molecule has 7 nitrogen and oxygen atoms in total. The minimum absolute atomic E-state index is 0.739. The fourth-order valence-corrected chi connectivity index (χ4v) is 3.11. The molecule has 4 aromatic rings. The molecule has 1 N–H and O–H groups in total. The Bertz CT molecular complexity index is 1220. The molecule has 0 amide bonds. The van der Waals surface area contributed by atoms with Crippen LogP contribution in [0.1, 0.15) is 25.0 Å². The van der Waals surface area contributed by atoms with Crippen molar-refractivity contribution >= 4 is 34.1 Å². The summed E-state index contributed by atoms with van der Waals surface area (Å²) in [6.07, 6.45) is 0. The van der Waals surface area contributed by atoms with Gasteiger partial charge in [0.15, 0.2) is 0 Å². The molecule has 0 fully saturated rings. The van der Waals surface area contributed by atoms with Gasteiger partial charge in [0.25, 0.3) is 0 Å². The van der Waals surface area contributed by atoms with Crippen LogP contribution in [-0.4, -0.2) is 13.1 Å². The van der Waals surface area contributed by atoms with Gasteiger partial charge in [-0.3, -0.25) is 0 Å². The van der Waals surface area contributed by atoms with Gasteiger partial charge in [0.05, 0.1) is 34.1 Å². The summed E-state index contributed by atoms with van der Waals surface area (Å²) in [6.45, 7) is 10.4. The summed E-state index contributed by atoms with van der Waals surface area (Å²) in [4.78, 5) is 0. The first-order valence-electron chi connectivity index (χ1n) is 12.4. The Balaban J connectivity index is 0.000000695. The maximum atomic E-state index is 4.30. The molecule has 0 spiro atoms. The maximum Gasteiger partial charge on any atom is 0.0886 e. The summed E-state index contributed by atoms with van der Waals surface area (Å²) in [5, 5.41) is 28.8. The first kappa shape index (κ1) is 27.2. The number of aryl methyl sites for hydroxylation is 2. The summed E-state index contributed by atoms with van der Waals surface area (Å²) in [6, 6.07) is 30.7. The van der Waals surface area contributed by atoms with Gasteiger partial charge in [0, 0.05) is 0 Å². The van der Waals surface area contributed by atoms with Gasteiger partial charge in [-0.1, -0.05) is 50.2 Å². The molecule has 37 heavy (non-hydrogen) atoms. The zero-order chi connectivity index (χ0) is 26.3. The van der Waals surface area contributed by atoms with E-state index in [4.69, 9.17) is 0 Å². The minimum atomic E-state index is 0.739. The summed E-state index contributed by atoms with van der Waals surface area (Å²) < 4.78 is 0. The van der Waals surface area contributed by atoms with E-state index < -0.39 is 0 Å². The topological polar surface area (TPSA) is 86.2 Å². The molecule has 0 aliphatic heterocycles. The molecule has 0 saturated heterocycles. The molecule has 0 saturated carbocycles. The van der Waals surface area contributed by atoms with Crippen LogP contribution in [0.2, 0.25) is 0 Å². The average Bonchev–Trinajstić information content (AvgIpc) is 2.93. The fourth-order valence-electron chi connectivity index (χ4n) is 3.11. The van der Waals surface area contributed by atoms with Gasteiger partial charge in [-0.25, -0.2) is 0 Å². The van der Waals surface area contributed by atoms with E-state index in [0.717, 1.165) is 58.3 Å². The third-order valence-electron chi connectivity index (χ3n) is 5.26. The number of nitrogens with one attached hydrogen (secondary N) is 1. The first-order valence-corrected chi connectivity index (χ1v) is 12.4. The van der Waals surface area contributed by atoms with Crippen LogP contribution in [0.25, 0.3) is 0 Å². The molecule has 0 bridgehead atoms. The Morgan fingerprint density at radius 1 is 0.432 bits per heavy atom. The van der Waals surface area contributed by atoms with E-state index in [2.05, 4.69) is 49.8 Å². The van der Waals surface area contributed by atoms with Crippen LogP contribution in [0, 0.1) is 13.8 Å². The van der Waals surface area contributed by atoms with Crippen molar-refractivity contribution in [3.8, 4) is 0 Å². The normalized spacial score (nSPS) is 11.2. The molecular formula is C30H33N7. The van der Waals surface area contributed by atoms with E-state index >= 15 is 0 Å². The molecule has 0 atom stereocenters. The summed E-state index contributed by atoms with van der Waals surface area (Å²) in [7, 11) is 0. The Kier molecular flexibility index (Phi) is 11.0. The van der Waals surface area contributed by atoms with Crippen molar-refractivity contribution in [2.45, 2.75) is 27.7 Å². The second kappa shape index (κ2) is 14.9. The number of rotatable bonds is 8. The van der Waals surface area contributed by atoms with Crippen LogP contribution in [-0.2, 0) is 0 Å². The van der Waals surface area contributed by atoms with Crippen LogP contribution < -0.4 is 5.32 Å². The fraction of sp³-hybridized carbons (Fsp3) is 0.200. The second-order valence-electron chi connectivity index (χ2n) is 8.16. The van der Waals surface area contributed by atoms with Crippen molar-refractivity contribution in [1.29, 1.82) is 0 Å². The molecule has 0 heterocycles. The predicted molar refractivity (Wildman–Crippen MR) is 152 cm³/mol. The summed E-state index contributed by atoms with van der Waals surface area (Å²) in [5.41, 5.74) is 6.89. The molecule has 4 rings (SSSR count). The zero-order valence-electron chi connectivity index (χ0n) is 21.8. The molecule has 0 aromatic heterocycles. The van der Waals surface area contributed by atoms with Crippen molar-refractivity contribution in [1.82, 2.24) is 5.32 Å². The third kappa shape index (κ3) is 9.31. The SMILES string of the molecule is CCNCC.Cc1ccccc1N=Nc1ccc(N=Nc2ccc(N=Nc3ccccc3C)cc2)cc1. The molecule has 0 aliphatic carbocycles. The van der Waals surface area contributed by atoms with E-state index in [9.17, 15) is 0 Å². The lowest BCUT2D eigenvalue weighted by Gasteiger charge is -1.98. The lowest BCUT2D eigenvalue weighted by atomic mass is 10.2. The van der Waals surface area contributed by atoms with Gasteiger partial charge >= 0.3 is 0 Å². The number of hydrogen-bond donors (Lipinski definition) is 1. The monoisotopic (exact) mass is 491 g/mol. The van der Waals surface area contributed by atoms with E-state index in [-0.39, 0.29) is 0 Å². The van der Waals surface area contributed by atoms with Crippen molar-refractivity contribution in [3.63, 3.8) is 0 Å². The van der Waals surface area contributed by atoms with Crippen LogP contribution >= 0.6 is 0 Å². The Morgan fingerprint density at radius 3 is 1.00 bits per heavy atom. The van der Waals surface area contributed by atoms with Crippen molar-refractivity contribution in [2.75, 3.05) is 13.1 Å². The molecule has 0 radical (unpaired) electrons. The van der Waals surface area contributed by atoms with E-state index in [1.165, 1.54) is 0 Å². The molecule has 0 unspecified atom stereocenters. The van der Waals surface area contributed by atoms with Gasteiger partial charge in [0.2, 0.25) is 0 Å². The highest BCUT2D eigenvalue weighted by Crippen LogP contribution is 2.26. The number of azo groups is 3. The van der Waals surface area contributed by atoms with Crippen molar-refractivity contribution in [3.05, 3.63) is 108 Å². The molecule has 7 heteroatoms. The number of benzene rings is 4. The Hall–Kier alpha value is -4.36. The standard InChI is InChI=1S/C26H22N6.C4H11N/c1-19-7-3-5-9-25(19)31-29-23-15-11-21(12-16-23)27-28-22-13-17-24(18-14-22)30-32-26-10-6-4-8-20(26)2;1-3-5-4-2/h3-18H,1-2H3;5H,3-4H2,1-2H3. The van der Waals surface area contributed by atoms with Gasteiger partial charge < -0.3 is 5.32 Å². The largest absolute Gasteiger partial charge is 0.317 e. The third-order valence-corrected chi connectivity index (χ3v) is 5.26. The van der Waals surface area contributed by atoms with Crippen LogP contribution in [0.5, 0.6) is 0 Å². The Morgan fingerprint density at radius 2 is 0.730 bits per heavy atom. The highest BCUT2D eigenvalue weighted by atomic mass is 15.1. The van der Waals surface area contributed by atoms with E-state index in [0.29, 0.717) is 0 Å². The zero-order valence-corrected chi connectivity index (χ0v) is 21.8. The second-order valence-corrected chi connectivity index (χ2v) is 8.16. The van der Waals surface area contributed by atoms with Gasteiger partial charge in [-0.2, -0.15) is 30.7 Å². The highest BCUT2D eigenvalue weighted by molar-refractivity contribution is 5.51. The smallest absolute Gasteiger partial charge is 0.0886 e. The first-order chi connectivity index (χ1) is 18.1. The quantitative estimate of drug-likeness (QED) is 0.244. The number of nitrogens with zero attached hydrogens (tertiary/aromatic N) is 6. The van der Waals surface area contributed by atoms with E-state index in [1.54, 1.807) is 0 Å². The maximum absolute atomic E-state index is 4.30. The molecule has 188 valence electrons. The Labute approximate surface area is 219 Å². The van der Waals surface area contributed by atoms with Gasteiger partial charge in [0.1, 0.15) is 0 Å². The van der Waals surface area contributed by atoms with Crippen molar-refractivity contribution < 1.29 is 0 Å². The molecule has 4 aromatic carbocycles. The minimum Gasteiger partial charge on any atom is -0.317 e. The lowest BCUT2D eigenvalue weighted by Crippen LogP contribution is -2.09. The summed E-state index contributed by atoms with van der Waals surface area (Å²) >= 11 is 0. The predicted octanol–water partition coefficient (Wildman–Crippen LogP) is 10.2. The van der Waals surface area contributed by atoms with Crippen LogP contribution in [0.3, 0.4) is 0 Å². The van der Waals surface area contributed by atoms with Crippen molar-refractivity contribution in [2.24, 2.45) is 30.7 Å². The average molecular weight is 492 g/mol. The van der Waals surface area contributed by atoms with Gasteiger partial charge in [-0.15, -0.1) is 0 Å². The number of hydrogen-bond acceptors (Lipinski definition) is 7. The lowest BCUT2D eigenvalue weighted by molar-refractivity contribution is 0.762. The molecule has 0 aliphatic rings. The van der Waals surface area contributed by atoms with Gasteiger partial charge in [-0.05, 0) is 98.7 Å². The van der Waals surface area contributed by atoms with E-state index in [1.807, 2.05) is 111 Å². The van der Waals surface area contributed by atoms with Crippen LogP contribution in [0.4, 0.5) is 34.1 Å².